The van der Waals surface area contributed by atoms with E-state index in [9.17, 15) is 4.79 Å². The Hall–Kier alpha value is -1.51. The Kier molecular flexibility index (Phi) is 4.18. The first-order valence-electron chi connectivity index (χ1n) is 8.27. The Balaban J connectivity index is 1.70. The maximum atomic E-state index is 11.9. The van der Waals surface area contributed by atoms with E-state index in [1.807, 2.05) is 19.1 Å². The van der Waals surface area contributed by atoms with E-state index in [2.05, 4.69) is 16.7 Å². The van der Waals surface area contributed by atoms with Crippen molar-refractivity contribution in [3.05, 3.63) is 29.3 Å². The highest BCUT2D eigenvalue weighted by atomic mass is 16.1. The molecule has 2 atom stereocenters. The number of benzene rings is 1. The molecule has 114 valence electrons. The van der Waals surface area contributed by atoms with Gasteiger partial charge in [-0.1, -0.05) is 18.9 Å². The zero-order valence-electron chi connectivity index (χ0n) is 13.1. The SMILES string of the molecule is CNC(=O)c1cccc(NC2CCCC(C3CC3)C2)c1C. The summed E-state index contributed by atoms with van der Waals surface area (Å²) in [4.78, 5) is 11.9. The van der Waals surface area contributed by atoms with E-state index in [-0.39, 0.29) is 5.91 Å². The molecule has 0 radical (unpaired) electrons. The lowest BCUT2D eigenvalue weighted by Crippen LogP contribution is -2.29. The van der Waals surface area contributed by atoms with Crippen molar-refractivity contribution in [2.24, 2.45) is 11.8 Å². The van der Waals surface area contributed by atoms with Crippen LogP contribution < -0.4 is 10.6 Å². The standard InChI is InChI=1S/C18H26N2O/c1-12-16(18(21)19-2)7-4-8-17(12)20-15-6-3-5-14(11-15)13-9-10-13/h4,7-8,13-15,20H,3,5-6,9-11H2,1-2H3,(H,19,21). The molecule has 3 rings (SSSR count). The monoisotopic (exact) mass is 286 g/mol. The zero-order valence-corrected chi connectivity index (χ0v) is 13.1. The number of carbonyl (C=O) groups excluding carboxylic acids is 1. The van der Waals surface area contributed by atoms with Crippen LogP contribution in [0.4, 0.5) is 5.69 Å². The Labute approximate surface area is 127 Å². The summed E-state index contributed by atoms with van der Waals surface area (Å²) in [7, 11) is 1.68. The lowest BCUT2D eigenvalue weighted by Gasteiger charge is -2.31. The van der Waals surface area contributed by atoms with Crippen LogP contribution in [-0.4, -0.2) is 19.0 Å². The van der Waals surface area contributed by atoms with Gasteiger partial charge < -0.3 is 10.6 Å². The number of hydrogen-bond donors (Lipinski definition) is 2. The average Bonchev–Trinajstić information content (AvgIpc) is 3.34. The van der Waals surface area contributed by atoms with Crippen LogP contribution in [0, 0.1) is 18.8 Å². The molecular weight excluding hydrogens is 260 g/mol. The number of rotatable bonds is 4. The molecule has 0 bridgehead atoms. The first kappa shape index (κ1) is 14.4. The molecule has 0 spiro atoms. The van der Waals surface area contributed by atoms with Crippen molar-refractivity contribution in [3.8, 4) is 0 Å². The van der Waals surface area contributed by atoms with E-state index in [1.165, 1.54) is 38.5 Å². The molecule has 0 aromatic heterocycles. The van der Waals surface area contributed by atoms with Gasteiger partial charge in [0.25, 0.3) is 5.91 Å². The maximum absolute atomic E-state index is 11.9. The van der Waals surface area contributed by atoms with Crippen LogP contribution in [0.2, 0.25) is 0 Å². The van der Waals surface area contributed by atoms with Crippen LogP contribution >= 0.6 is 0 Å². The number of anilines is 1. The third kappa shape index (κ3) is 3.22. The highest BCUT2D eigenvalue weighted by Gasteiger charge is 2.34. The van der Waals surface area contributed by atoms with Gasteiger partial charge in [0.2, 0.25) is 0 Å². The molecule has 21 heavy (non-hydrogen) atoms. The number of carbonyl (C=O) groups is 1. The predicted molar refractivity (Wildman–Crippen MR) is 86.7 cm³/mol. The minimum atomic E-state index is -0.00403. The summed E-state index contributed by atoms with van der Waals surface area (Å²) < 4.78 is 0. The molecule has 3 heteroatoms. The van der Waals surface area contributed by atoms with Crippen molar-refractivity contribution >= 4 is 11.6 Å². The van der Waals surface area contributed by atoms with Gasteiger partial charge in [0.1, 0.15) is 0 Å². The van der Waals surface area contributed by atoms with E-state index in [0.29, 0.717) is 6.04 Å². The third-order valence-electron chi connectivity index (χ3n) is 5.17. The minimum Gasteiger partial charge on any atom is -0.382 e. The van der Waals surface area contributed by atoms with Gasteiger partial charge >= 0.3 is 0 Å². The fraction of sp³-hybridized carbons (Fsp3) is 0.611. The molecule has 0 heterocycles. The van der Waals surface area contributed by atoms with Crippen LogP contribution in [0.25, 0.3) is 0 Å². The highest BCUT2D eigenvalue weighted by molar-refractivity contribution is 5.96. The van der Waals surface area contributed by atoms with Gasteiger partial charge in [-0.2, -0.15) is 0 Å². The van der Waals surface area contributed by atoms with Crippen LogP contribution in [-0.2, 0) is 0 Å². The average molecular weight is 286 g/mol. The first-order valence-corrected chi connectivity index (χ1v) is 8.27. The molecule has 1 aromatic carbocycles. The Bertz CT molecular complexity index is 522. The van der Waals surface area contributed by atoms with Gasteiger partial charge in [-0.15, -0.1) is 0 Å². The van der Waals surface area contributed by atoms with E-state index < -0.39 is 0 Å². The summed E-state index contributed by atoms with van der Waals surface area (Å²) in [5, 5.41) is 6.42. The Morgan fingerprint density at radius 3 is 2.67 bits per heavy atom. The van der Waals surface area contributed by atoms with E-state index in [1.54, 1.807) is 7.05 Å². The lowest BCUT2D eigenvalue weighted by atomic mass is 9.82. The van der Waals surface area contributed by atoms with Crippen molar-refractivity contribution in [1.82, 2.24) is 5.32 Å². The van der Waals surface area contributed by atoms with E-state index >= 15 is 0 Å². The van der Waals surface area contributed by atoms with E-state index in [0.717, 1.165) is 28.7 Å². The molecule has 2 saturated carbocycles. The normalized spacial score (nSPS) is 25.4. The molecule has 2 N–H and O–H groups in total. The van der Waals surface area contributed by atoms with Gasteiger partial charge in [0.15, 0.2) is 0 Å². The fourth-order valence-corrected chi connectivity index (χ4v) is 3.75. The molecule has 2 aliphatic rings. The molecule has 0 saturated heterocycles. The molecule has 2 unspecified atom stereocenters. The lowest BCUT2D eigenvalue weighted by molar-refractivity contribution is 0.0962. The molecular formula is C18H26N2O. The highest BCUT2D eigenvalue weighted by Crippen LogP contribution is 2.44. The Morgan fingerprint density at radius 1 is 1.14 bits per heavy atom. The van der Waals surface area contributed by atoms with Gasteiger partial charge in [0.05, 0.1) is 0 Å². The quantitative estimate of drug-likeness (QED) is 0.885. The first-order chi connectivity index (χ1) is 10.2. The number of nitrogens with one attached hydrogen (secondary N) is 2. The number of amides is 1. The number of hydrogen-bond acceptors (Lipinski definition) is 2. The second-order valence-corrected chi connectivity index (χ2v) is 6.66. The van der Waals surface area contributed by atoms with Crippen molar-refractivity contribution in [2.75, 3.05) is 12.4 Å². The smallest absolute Gasteiger partial charge is 0.251 e. The summed E-state index contributed by atoms with van der Waals surface area (Å²) >= 11 is 0. The molecule has 1 amide bonds. The Morgan fingerprint density at radius 2 is 1.95 bits per heavy atom. The van der Waals surface area contributed by atoms with Crippen LogP contribution in [0.5, 0.6) is 0 Å². The molecule has 2 aliphatic carbocycles. The summed E-state index contributed by atoms with van der Waals surface area (Å²) in [6.07, 6.45) is 8.21. The third-order valence-corrected chi connectivity index (χ3v) is 5.17. The van der Waals surface area contributed by atoms with Gasteiger partial charge in [0, 0.05) is 24.3 Å². The molecule has 1 aromatic rings. The summed E-state index contributed by atoms with van der Waals surface area (Å²) in [6.45, 7) is 2.04. The van der Waals surface area contributed by atoms with Crippen molar-refractivity contribution in [1.29, 1.82) is 0 Å². The summed E-state index contributed by atoms with van der Waals surface area (Å²) in [5.41, 5.74) is 2.96. The summed E-state index contributed by atoms with van der Waals surface area (Å²) in [5.74, 6) is 1.93. The second kappa shape index (κ2) is 6.08. The molecule has 0 aliphatic heterocycles. The zero-order chi connectivity index (χ0) is 14.8. The van der Waals surface area contributed by atoms with Gasteiger partial charge in [-0.05, 0) is 62.1 Å². The van der Waals surface area contributed by atoms with Crippen molar-refractivity contribution in [2.45, 2.75) is 51.5 Å². The second-order valence-electron chi connectivity index (χ2n) is 6.66. The predicted octanol–water partition coefficient (Wildman–Crippen LogP) is 3.74. The molecule has 3 nitrogen and oxygen atoms in total. The van der Waals surface area contributed by atoms with Crippen LogP contribution in [0.3, 0.4) is 0 Å². The maximum Gasteiger partial charge on any atom is 0.251 e. The topological polar surface area (TPSA) is 41.1 Å². The van der Waals surface area contributed by atoms with Gasteiger partial charge in [-0.3, -0.25) is 4.79 Å². The van der Waals surface area contributed by atoms with Crippen LogP contribution in [0.1, 0.15) is 54.4 Å². The largest absolute Gasteiger partial charge is 0.382 e. The summed E-state index contributed by atoms with van der Waals surface area (Å²) in [6, 6.07) is 6.54. The van der Waals surface area contributed by atoms with Crippen molar-refractivity contribution in [3.63, 3.8) is 0 Å². The van der Waals surface area contributed by atoms with Crippen molar-refractivity contribution < 1.29 is 4.79 Å². The minimum absolute atomic E-state index is 0.00403. The fourth-order valence-electron chi connectivity index (χ4n) is 3.75. The van der Waals surface area contributed by atoms with E-state index in [4.69, 9.17) is 0 Å². The van der Waals surface area contributed by atoms with Crippen LogP contribution in [0.15, 0.2) is 18.2 Å². The van der Waals surface area contributed by atoms with Gasteiger partial charge in [-0.25, -0.2) is 0 Å². The molecule has 2 fully saturated rings.